The summed E-state index contributed by atoms with van der Waals surface area (Å²) < 4.78 is 0. The fourth-order valence-electron chi connectivity index (χ4n) is 1.39. The quantitative estimate of drug-likeness (QED) is 0.631. The number of nitrogens with one attached hydrogen (secondary N) is 1. The molecule has 4 nitrogen and oxygen atoms in total. The molecule has 0 spiro atoms. The molecule has 1 amide bonds. The second kappa shape index (κ2) is 7.04. The molecule has 0 saturated heterocycles. The van der Waals surface area contributed by atoms with Crippen LogP contribution < -0.4 is 5.32 Å². The fourth-order valence-corrected chi connectivity index (χ4v) is 1.39. The van der Waals surface area contributed by atoms with Gasteiger partial charge in [0.2, 0.25) is 5.91 Å². The van der Waals surface area contributed by atoms with Crippen LogP contribution in [-0.4, -0.2) is 23.0 Å². The maximum atomic E-state index is 10.8. The molecule has 0 rings (SSSR count). The molecule has 2 N–H and O–H groups in total. The zero-order valence-electron chi connectivity index (χ0n) is 9.32. The number of hydrogen-bond acceptors (Lipinski definition) is 2. The van der Waals surface area contributed by atoms with E-state index in [4.69, 9.17) is 5.11 Å². The first-order chi connectivity index (χ1) is 6.97. The summed E-state index contributed by atoms with van der Waals surface area (Å²) in [5.41, 5.74) is 0. The Labute approximate surface area is 90.4 Å². The number of carboxylic acids is 1. The standard InChI is InChI=1S/C11H19NO3/c1-4-5-6-8(2)7-10(11(14)15)12-9(3)13/h4,8,10H,1,5-7H2,2-3H3,(H,12,13)(H,14,15)/t8?,10-/m1/s1. The first kappa shape index (κ1) is 13.7. The second-order valence-electron chi connectivity index (χ2n) is 3.80. The first-order valence-corrected chi connectivity index (χ1v) is 5.08. The van der Waals surface area contributed by atoms with Crippen LogP contribution >= 0.6 is 0 Å². The summed E-state index contributed by atoms with van der Waals surface area (Å²) in [6.07, 6.45) is 4.04. The summed E-state index contributed by atoms with van der Waals surface area (Å²) in [6, 6.07) is -0.776. The molecule has 0 aliphatic rings. The summed E-state index contributed by atoms with van der Waals surface area (Å²) in [5.74, 6) is -1.02. The third-order valence-corrected chi connectivity index (χ3v) is 2.18. The summed E-state index contributed by atoms with van der Waals surface area (Å²) in [6.45, 7) is 6.91. The maximum absolute atomic E-state index is 10.8. The number of aliphatic carboxylic acids is 1. The minimum atomic E-state index is -0.976. The van der Waals surface area contributed by atoms with Crippen LogP contribution in [0.5, 0.6) is 0 Å². The number of carbonyl (C=O) groups is 2. The highest BCUT2D eigenvalue weighted by molar-refractivity contribution is 5.81. The van der Waals surface area contributed by atoms with Crippen molar-refractivity contribution in [3.8, 4) is 0 Å². The molecule has 0 fully saturated rings. The number of carbonyl (C=O) groups excluding carboxylic acids is 1. The smallest absolute Gasteiger partial charge is 0.326 e. The minimum absolute atomic E-state index is 0.260. The highest BCUT2D eigenvalue weighted by Gasteiger charge is 2.20. The molecule has 15 heavy (non-hydrogen) atoms. The van der Waals surface area contributed by atoms with E-state index in [1.807, 2.05) is 13.0 Å². The molecule has 4 heteroatoms. The van der Waals surface area contributed by atoms with Gasteiger partial charge in [0.25, 0.3) is 0 Å². The van der Waals surface area contributed by atoms with Crippen molar-refractivity contribution < 1.29 is 14.7 Å². The van der Waals surface area contributed by atoms with Gasteiger partial charge in [-0.3, -0.25) is 4.79 Å². The number of allylic oxidation sites excluding steroid dienone is 1. The van der Waals surface area contributed by atoms with Crippen LogP contribution in [0.15, 0.2) is 12.7 Å². The van der Waals surface area contributed by atoms with Crippen molar-refractivity contribution in [3.63, 3.8) is 0 Å². The van der Waals surface area contributed by atoms with E-state index in [9.17, 15) is 9.59 Å². The Hall–Kier alpha value is -1.32. The van der Waals surface area contributed by atoms with Crippen LogP contribution in [0.25, 0.3) is 0 Å². The molecule has 0 aliphatic carbocycles. The molecule has 0 radical (unpaired) electrons. The van der Waals surface area contributed by atoms with Crippen LogP contribution in [0.3, 0.4) is 0 Å². The molecule has 1 unspecified atom stereocenters. The average Bonchev–Trinajstić information content (AvgIpc) is 2.12. The Morgan fingerprint density at radius 1 is 1.53 bits per heavy atom. The average molecular weight is 213 g/mol. The van der Waals surface area contributed by atoms with Gasteiger partial charge in [-0.15, -0.1) is 6.58 Å². The van der Waals surface area contributed by atoms with Crippen molar-refractivity contribution in [2.45, 2.75) is 39.2 Å². The van der Waals surface area contributed by atoms with Gasteiger partial charge in [-0.1, -0.05) is 13.0 Å². The Kier molecular flexibility index (Phi) is 6.42. The molecule has 2 atom stereocenters. The first-order valence-electron chi connectivity index (χ1n) is 5.08. The lowest BCUT2D eigenvalue weighted by molar-refractivity contribution is -0.142. The van der Waals surface area contributed by atoms with Crippen molar-refractivity contribution in [3.05, 3.63) is 12.7 Å². The number of hydrogen-bond donors (Lipinski definition) is 2. The molecule has 0 aromatic heterocycles. The van der Waals surface area contributed by atoms with Gasteiger partial charge >= 0.3 is 5.97 Å². The van der Waals surface area contributed by atoms with Crippen molar-refractivity contribution in [1.82, 2.24) is 5.32 Å². The van der Waals surface area contributed by atoms with Gasteiger partial charge in [-0.05, 0) is 25.2 Å². The molecular weight excluding hydrogens is 194 g/mol. The zero-order chi connectivity index (χ0) is 11.8. The molecule has 0 aromatic rings. The molecule has 0 heterocycles. The summed E-state index contributed by atoms with van der Waals surface area (Å²) >= 11 is 0. The Morgan fingerprint density at radius 2 is 2.13 bits per heavy atom. The number of amides is 1. The molecule has 0 aromatic carbocycles. The van der Waals surface area contributed by atoms with E-state index in [0.29, 0.717) is 6.42 Å². The van der Waals surface area contributed by atoms with E-state index in [1.165, 1.54) is 6.92 Å². The normalized spacial score (nSPS) is 14.0. The lowest BCUT2D eigenvalue weighted by Crippen LogP contribution is -2.40. The number of carboxylic acid groups (broad SMARTS) is 1. The Morgan fingerprint density at radius 3 is 2.53 bits per heavy atom. The van der Waals surface area contributed by atoms with Crippen LogP contribution in [0, 0.1) is 5.92 Å². The van der Waals surface area contributed by atoms with Gasteiger partial charge in [0, 0.05) is 6.92 Å². The van der Waals surface area contributed by atoms with E-state index in [-0.39, 0.29) is 11.8 Å². The third-order valence-electron chi connectivity index (χ3n) is 2.18. The van der Waals surface area contributed by atoms with Crippen LogP contribution in [0.1, 0.15) is 33.1 Å². The zero-order valence-corrected chi connectivity index (χ0v) is 9.32. The van der Waals surface area contributed by atoms with E-state index >= 15 is 0 Å². The van der Waals surface area contributed by atoms with Crippen LogP contribution in [-0.2, 0) is 9.59 Å². The van der Waals surface area contributed by atoms with Crippen molar-refractivity contribution >= 4 is 11.9 Å². The van der Waals surface area contributed by atoms with Gasteiger partial charge in [0.05, 0.1) is 0 Å². The largest absolute Gasteiger partial charge is 0.480 e. The predicted octanol–water partition coefficient (Wildman–Crippen LogP) is 1.57. The summed E-state index contributed by atoms with van der Waals surface area (Å²) in [5, 5.41) is 11.3. The lowest BCUT2D eigenvalue weighted by Gasteiger charge is -2.17. The van der Waals surface area contributed by atoms with Gasteiger partial charge in [0.15, 0.2) is 0 Å². The van der Waals surface area contributed by atoms with Crippen LogP contribution in [0.4, 0.5) is 0 Å². The molecule has 0 bridgehead atoms. The van der Waals surface area contributed by atoms with E-state index in [0.717, 1.165) is 12.8 Å². The highest BCUT2D eigenvalue weighted by atomic mass is 16.4. The number of rotatable bonds is 7. The van der Waals surface area contributed by atoms with Gasteiger partial charge in [-0.25, -0.2) is 4.79 Å². The summed E-state index contributed by atoms with van der Waals surface area (Å²) in [4.78, 5) is 21.6. The van der Waals surface area contributed by atoms with Crippen molar-refractivity contribution in [2.75, 3.05) is 0 Å². The second-order valence-corrected chi connectivity index (χ2v) is 3.80. The van der Waals surface area contributed by atoms with Gasteiger partial charge in [-0.2, -0.15) is 0 Å². The molecule has 86 valence electrons. The van der Waals surface area contributed by atoms with E-state index in [2.05, 4.69) is 11.9 Å². The Balaban J connectivity index is 4.09. The van der Waals surface area contributed by atoms with E-state index < -0.39 is 12.0 Å². The Bertz CT molecular complexity index is 238. The predicted molar refractivity (Wildman–Crippen MR) is 58.5 cm³/mol. The fraction of sp³-hybridized carbons (Fsp3) is 0.636. The van der Waals surface area contributed by atoms with Gasteiger partial charge in [0.1, 0.15) is 6.04 Å². The molecular formula is C11H19NO3. The van der Waals surface area contributed by atoms with E-state index in [1.54, 1.807) is 0 Å². The van der Waals surface area contributed by atoms with Crippen LogP contribution in [0.2, 0.25) is 0 Å². The molecule has 0 aliphatic heterocycles. The lowest BCUT2D eigenvalue weighted by atomic mass is 9.97. The SMILES string of the molecule is C=CCCC(C)C[C@@H](NC(C)=O)C(=O)O. The third kappa shape index (κ3) is 6.71. The molecule has 0 saturated carbocycles. The minimum Gasteiger partial charge on any atom is -0.480 e. The monoisotopic (exact) mass is 213 g/mol. The van der Waals surface area contributed by atoms with Crippen molar-refractivity contribution in [1.29, 1.82) is 0 Å². The summed E-state index contributed by atoms with van der Waals surface area (Å²) in [7, 11) is 0. The van der Waals surface area contributed by atoms with Gasteiger partial charge < -0.3 is 10.4 Å². The highest BCUT2D eigenvalue weighted by Crippen LogP contribution is 2.13. The maximum Gasteiger partial charge on any atom is 0.326 e. The topological polar surface area (TPSA) is 66.4 Å². The van der Waals surface area contributed by atoms with Crippen molar-refractivity contribution in [2.24, 2.45) is 5.92 Å².